The number of carboxylic acids is 1. The summed E-state index contributed by atoms with van der Waals surface area (Å²) in [6, 6.07) is 15.5. The third-order valence-corrected chi connectivity index (χ3v) is 6.38. The zero-order valence-corrected chi connectivity index (χ0v) is 22.7. The van der Waals surface area contributed by atoms with E-state index in [1.807, 2.05) is 19.9 Å². The van der Waals surface area contributed by atoms with Gasteiger partial charge in [0.1, 0.15) is 17.1 Å². The van der Waals surface area contributed by atoms with Crippen LogP contribution in [0.2, 0.25) is 0 Å². The number of aliphatic hydroxyl groups is 1. The second kappa shape index (κ2) is 12.8. The molecule has 2 atom stereocenters. The Hall–Kier alpha value is -3.47. The number of hydrogen-bond acceptors (Lipinski definition) is 5. The fraction of sp³-hybridized carbons (Fsp3) is 0.367. The maximum Gasteiger partial charge on any atom is 0.573 e. The average molecular weight is 564 g/mol. The number of alkyl halides is 3. The third-order valence-electron chi connectivity index (χ3n) is 6.38. The summed E-state index contributed by atoms with van der Waals surface area (Å²) < 4.78 is 62.5. The number of aromatic carboxylic acids is 1. The molecule has 0 amide bonds. The maximum absolute atomic E-state index is 13.9. The molecular weight excluding hydrogens is 530 g/mol. The molecule has 3 aromatic rings. The van der Waals surface area contributed by atoms with Gasteiger partial charge < -0.3 is 25.0 Å². The molecule has 0 saturated heterocycles. The van der Waals surface area contributed by atoms with Gasteiger partial charge in [-0.2, -0.15) is 0 Å². The predicted molar refractivity (Wildman–Crippen MR) is 143 cm³/mol. The Morgan fingerprint density at radius 1 is 1.05 bits per heavy atom. The van der Waals surface area contributed by atoms with Gasteiger partial charge in [0.15, 0.2) is 0 Å². The van der Waals surface area contributed by atoms with E-state index in [2.05, 4.69) is 10.1 Å². The molecule has 0 heterocycles. The molecule has 1 unspecified atom stereocenters. The Kier molecular flexibility index (Phi) is 9.94. The molecule has 0 aliphatic heterocycles. The Morgan fingerprint density at radius 2 is 1.75 bits per heavy atom. The number of carbonyl (C=O) groups is 1. The second-order valence-corrected chi connectivity index (χ2v) is 10.3. The molecule has 3 N–H and O–H groups in total. The summed E-state index contributed by atoms with van der Waals surface area (Å²) in [5, 5.41) is 23.1. The maximum atomic E-state index is 13.9. The van der Waals surface area contributed by atoms with Crippen LogP contribution in [0.15, 0.2) is 60.7 Å². The quantitative estimate of drug-likeness (QED) is 0.220. The summed E-state index contributed by atoms with van der Waals surface area (Å²) in [6.07, 6.45) is -5.94. The van der Waals surface area contributed by atoms with Gasteiger partial charge in [-0.25, -0.2) is 9.18 Å². The van der Waals surface area contributed by atoms with Gasteiger partial charge in [0.2, 0.25) is 0 Å². The first kappa shape index (κ1) is 31.1. The van der Waals surface area contributed by atoms with E-state index >= 15 is 0 Å². The summed E-state index contributed by atoms with van der Waals surface area (Å²) in [7, 11) is 0. The SMILES string of the molecule is Cc1ccc(CC(C)(C)NC[C@H](O)COC(C)c2ccccc2-c2ccc(C(=O)O)c(OC(F)(F)F)c2)cc1F. The van der Waals surface area contributed by atoms with Crippen LogP contribution in [0.25, 0.3) is 11.1 Å². The van der Waals surface area contributed by atoms with Crippen LogP contribution in [0.5, 0.6) is 5.75 Å². The molecule has 6 nitrogen and oxygen atoms in total. The van der Waals surface area contributed by atoms with E-state index in [9.17, 15) is 32.6 Å². The van der Waals surface area contributed by atoms with E-state index in [0.29, 0.717) is 28.7 Å². The number of carboxylic acid groups (broad SMARTS) is 1. The molecule has 3 aromatic carbocycles. The molecule has 0 spiro atoms. The predicted octanol–water partition coefficient (Wildman–Crippen LogP) is 6.45. The highest BCUT2D eigenvalue weighted by atomic mass is 19.4. The summed E-state index contributed by atoms with van der Waals surface area (Å²) >= 11 is 0. The van der Waals surface area contributed by atoms with Crippen LogP contribution in [0, 0.1) is 12.7 Å². The van der Waals surface area contributed by atoms with Crippen molar-refractivity contribution >= 4 is 5.97 Å². The van der Waals surface area contributed by atoms with E-state index in [4.69, 9.17) is 4.74 Å². The lowest BCUT2D eigenvalue weighted by Gasteiger charge is -2.28. The largest absolute Gasteiger partial charge is 0.573 e. The van der Waals surface area contributed by atoms with Crippen molar-refractivity contribution in [2.45, 2.75) is 58.2 Å². The number of aliphatic hydroxyl groups excluding tert-OH is 1. The van der Waals surface area contributed by atoms with E-state index in [-0.39, 0.29) is 19.0 Å². The molecule has 0 aromatic heterocycles. The van der Waals surface area contributed by atoms with Gasteiger partial charge in [0.25, 0.3) is 0 Å². The summed E-state index contributed by atoms with van der Waals surface area (Å²) in [4.78, 5) is 11.4. The van der Waals surface area contributed by atoms with Crippen LogP contribution < -0.4 is 10.1 Å². The van der Waals surface area contributed by atoms with Crippen LogP contribution in [-0.4, -0.2) is 47.3 Å². The van der Waals surface area contributed by atoms with E-state index in [1.165, 1.54) is 12.1 Å². The molecule has 0 aliphatic rings. The summed E-state index contributed by atoms with van der Waals surface area (Å²) in [5.41, 5.74) is 1.82. The first-order chi connectivity index (χ1) is 18.6. The minimum absolute atomic E-state index is 0.0296. The second-order valence-electron chi connectivity index (χ2n) is 10.3. The van der Waals surface area contributed by atoms with Crippen molar-refractivity contribution in [2.24, 2.45) is 0 Å². The lowest BCUT2D eigenvalue weighted by Crippen LogP contribution is -2.46. The average Bonchev–Trinajstić information content (AvgIpc) is 2.87. The van der Waals surface area contributed by atoms with Crippen molar-refractivity contribution in [3.8, 4) is 16.9 Å². The molecule has 0 saturated carbocycles. The first-order valence-corrected chi connectivity index (χ1v) is 12.7. The van der Waals surface area contributed by atoms with Crippen molar-refractivity contribution in [2.75, 3.05) is 13.2 Å². The Morgan fingerprint density at radius 3 is 2.40 bits per heavy atom. The molecule has 0 fully saturated rings. The molecule has 0 aliphatic carbocycles. The van der Waals surface area contributed by atoms with Gasteiger partial charge in [-0.1, -0.05) is 42.5 Å². The van der Waals surface area contributed by atoms with Crippen LogP contribution in [0.4, 0.5) is 17.6 Å². The van der Waals surface area contributed by atoms with Crippen molar-refractivity contribution in [1.82, 2.24) is 5.32 Å². The smallest absolute Gasteiger partial charge is 0.478 e. The van der Waals surface area contributed by atoms with Crippen LogP contribution in [0.3, 0.4) is 0 Å². The molecule has 0 bridgehead atoms. The Bertz CT molecular complexity index is 1330. The number of halogens is 4. The monoisotopic (exact) mass is 563 g/mol. The van der Waals surface area contributed by atoms with E-state index in [1.54, 1.807) is 44.2 Å². The fourth-order valence-corrected chi connectivity index (χ4v) is 4.31. The van der Waals surface area contributed by atoms with Gasteiger partial charge in [-0.05, 0) is 80.1 Å². The van der Waals surface area contributed by atoms with Crippen LogP contribution in [-0.2, 0) is 11.2 Å². The van der Waals surface area contributed by atoms with E-state index in [0.717, 1.165) is 17.7 Å². The zero-order valence-electron chi connectivity index (χ0n) is 22.7. The molecule has 3 rings (SSSR count). The normalized spacial score (nSPS) is 13.6. The third kappa shape index (κ3) is 8.77. The highest BCUT2D eigenvalue weighted by molar-refractivity contribution is 5.92. The fourth-order valence-electron chi connectivity index (χ4n) is 4.31. The molecular formula is C30H33F4NO5. The van der Waals surface area contributed by atoms with Crippen LogP contribution in [0.1, 0.15) is 53.9 Å². The number of rotatable bonds is 12. The van der Waals surface area contributed by atoms with Crippen molar-refractivity contribution < 1.29 is 42.0 Å². The van der Waals surface area contributed by atoms with Crippen molar-refractivity contribution in [1.29, 1.82) is 0 Å². The lowest BCUT2D eigenvalue weighted by atomic mass is 9.94. The number of ether oxygens (including phenoxy) is 2. The highest BCUT2D eigenvalue weighted by Gasteiger charge is 2.33. The van der Waals surface area contributed by atoms with Gasteiger partial charge in [0.05, 0.1) is 18.8 Å². The molecule has 0 radical (unpaired) electrons. The summed E-state index contributed by atoms with van der Waals surface area (Å²) in [6.45, 7) is 7.52. The summed E-state index contributed by atoms with van der Waals surface area (Å²) in [5.74, 6) is -2.64. The minimum Gasteiger partial charge on any atom is -0.478 e. The first-order valence-electron chi connectivity index (χ1n) is 12.7. The van der Waals surface area contributed by atoms with Gasteiger partial charge in [0, 0.05) is 12.1 Å². The number of benzene rings is 3. The number of aryl methyl sites for hydroxylation is 1. The highest BCUT2D eigenvalue weighted by Crippen LogP contribution is 2.35. The molecule has 216 valence electrons. The molecule has 10 heteroatoms. The Balaban J connectivity index is 1.66. The van der Waals surface area contributed by atoms with E-state index < -0.39 is 41.4 Å². The van der Waals surface area contributed by atoms with Crippen molar-refractivity contribution in [3.63, 3.8) is 0 Å². The zero-order chi connectivity index (χ0) is 29.7. The Labute approximate surface area is 230 Å². The number of nitrogens with one attached hydrogen (secondary N) is 1. The van der Waals surface area contributed by atoms with Crippen molar-refractivity contribution in [3.05, 3.63) is 88.7 Å². The van der Waals surface area contributed by atoms with Gasteiger partial charge >= 0.3 is 12.3 Å². The number of β-amino-alcohol motifs (C(OH)–C–C–N with tert-alkyl or cyclic N) is 1. The van der Waals surface area contributed by atoms with Gasteiger partial charge in [-0.3, -0.25) is 0 Å². The number of hydrogen-bond donors (Lipinski definition) is 3. The van der Waals surface area contributed by atoms with Crippen LogP contribution >= 0.6 is 0 Å². The van der Waals surface area contributed by atoms with Gasteiger partial charge in [-0.15, -0.1) is 13.2 Å². The topological polar surface area (TPSA) is 88.0 Å². The standard InChI is InChI=1S/C30H33F4NO5/c1-18-9-10-20(13-26(18)31)15-29(3,4)35-16-22(36)17-39-19(2)23-7-5-6-8-24(23)21-11-12-25(28(37)38)27(14-21)40-30(32,33)34/h5-14,19,22,35-36H,15-17H2,1-4H3,(H,37,38)/t19?,22-/m0/s1. The lowest BCUT2D eigenvalue weighted by molar-refractivity contribution is -0.274. The molecule has 40 heavy (non-hydrogen) atoms. The minimum atomic E-state index is -5.06.